The molecule has 0 amide bonds. The summed E-state index contributed by atoms with van der Waals surface area (Å²) < 4.78 is 39.4. The van der Waals surface area contributed by atoms with Gasteiger partial charge in [-0.15, -0.1) is 0 Å². The first-order valence-electron chi connectivity index (χ1n) is 5.29. The molecule has 0 aliphatic heterocycles. The monoisotopic (exact) mass is 256 g/mol. The lowest BCUT2D eigenvalue weighted by molar-refractivity contribution is -0.207. The van der Waals surface area contributed by atoms with Crippen LogP contribution >= 0.6 is 0 Å². The molecule has 0 aliphatic rings. The summed E-state index contributed by atoms with van der Waals surface area (Å²) in [5.74, 6) is -4.01. The van der Waals surface area contributed by atoms with Crippen molar-refractivity contribution >= 4 is 11.9 Å². The van der Waals surface area contributed by atoms with Crippen LogP contribution < -0.4 is 0 Å². The molecule has 100 valence electrons. The minimum Gasteiger partial charge on any atom is -0.479 e. The second-order valence-electron chi connectivity index (χ2n) is 3.58. The van der Waals surface area contributed by atoms with Gasteiger partial charge in [0.2, 0.25) is 0 Å². The number of halogens is 3. The van der Waals surface area contributed by atoms with E-state index in [1.807, 2.05) is 6.92 Å². The summed E-state index contributed by atoms with van der Waals surface area (Å²) in [6, 6.07) is 0. The van der Waals surface area contributed by atoms with E-state index in [1.54, 1.807) is 0 Å². The van der Waals surface area contributed by atoms with E-state index < -0.39 is 24.2 Å². The van der Waals surface area contributed by atoms with Gasteiger partial charge in [-0.1, -0.05) is 26.2 Å². The predicted octanol–water partition coefficient (Wildman–Crippen LogP) is 2.52. The number of carboxylic acid groups (broad SMARTS) is 1. The van der Waals surface area contributed by atoms with E-state index in [1.165, 1.54) is 0 Å². The average molecular weight is 256 g/mol. The van der Waals surface area contributed by atoms with Crippen molar-refractivity contribution in [1.29, 1.82) is 0 Å². The smallest absolute Gasteiger partial charge is 0.479 e. The average Bonchev–Trinajstić information content (AvgIpc) is 2.20. The number of carbonyl (C=O) groups is 2. The van der Waals surface area contributed by atoms with Crippen molar-refractivity contribution in [2.75, 3.05) is 0 Å². The van der Waals surface area contributed by atoms with Gasteiger partial charge in [0.25, 0.3) is 0 Å². The summed E-state index contributed by atoms with van der Waals surface area (Å²) in [6.45, 7) is 1.94. The Kier molecular flexibility index (Phi) is 6.60. The number of aliphatic carboxylic acids is 1. The van der Waals surface area contributed by atoms with Gasteiger partial charge in [-0.05, 0) is 12.8 Å². The highest BCUT2D eigenvalue weighted by atomic mass is 19.4. The third-order valence-electron chi connectivity index (χ3n) is 2.08. The predicted molar refractivity (Wildman–Crippen MR) is 52.3 cm³/mol. The minimum absolute atomic E-state index is 0.100. The third-order valence-corrected chi connectivity index (χ3v) is 2.08. The van der Waals surface area contributed by atoms with E-state index >= 15 is 0 Å². The molecule has 7 heteroatoms. The molecule has 1 unspecified atom stereocenters. The molecule has 0 radical (unpaired) electrons. The van der Waals surface area contributed by atoms with Crippen LogP contribution in [0.3, 0.4) is 0 Å². The van der Waals surface area contributed by atoms with Crippen LogP contribution in [0.15, 0.2) is 0 Å². The maximum Gasteiger partial charge on any atom is 0.490 e. The normalized spacial score (nSPS) is 13.2. The lowest BCUT2D eigenvalue weighted by atomic mass is 10.1. The fraction of sp³-hybridized carbons (Fsp3) is 0.800. The van der Waals surface area contributed by atoms with Crippen LogP contribution in [-0.2, 0) is 14.3 Å². The lowest BCUT2D eigenvalue weighted by Crippen LogP contribution is -2.34. The van der Waals surface area contributed by atoms with Crippen molar-refractivity contribution in [2.24, 2.45) is 0 Å². The highest BCUT2D eigenvalue weighted by molar-refractivity contribution is 5.80. The largest absolute Gasteiger partial charge is 0.490 e. The fourth-order valence-electron chi connectivity index (χ4n) is 1.19. The Hall–Kier alpha value is -1.27. The molecule has 0 spiro atoms. The van der Waals surface area contributed by atoms with Crippen LogP contribution in [0, 0.1) is 0 Å². The summed E-state index contributed by atoms with van der Waals surface area (Å²) in [5.41, 5.74) is 0. The molecule has 1 atom stereocenters. The van der Waals surface area contributed by atoms with Crippen molar-refractivity contribution in [2.45, 2.75) is 51.3 Å². The highest BCUT2D eigenvalue weighted by Gasteiger charge is 2.43. The van der Waals surface area contributed by atoms with Gasteiger partial charge in [0.05, 0.1) is 0 Å². The first-order chi connectivity index (χ1) is 7.79. The molecule has 1 N–H and O–H groups in total. The highest BCUT2D eigenvalue weighted by Crippen LogP contribution is 2.19. The molecule has 0 aliphatic carbocycles. The lowest BCUT2D eigenvalue weighted by Gasteiger charge is -2.14. The second kappa shape index (κ2) is 7.13. The molecule has 0 rings (SSSR count). The Balaban J connectivity index is 4.17. The number of alkyl halides is 3. The number of ether oxygens (including phenoxy) is 1. The van der Waals surface area contributed by atoms with Gasteiger partial charge in [-0.3, -0.25) is 0 Å². The van der Waals surface area contributed by atoms with Crippen LogP contribution in [0.4, 0.5) is 13.2 Å². The van der Waals surface area contributed by atoms with Crippen LogP contribution in [0.1, 0.15) is 39.0 Å². The zero-order valence-electron chi connectivity index (χ0n) is 9.42. The number of carbonyl (C=O) groups excluding carboxylic acids is 1. The van der Waals surface area contributed by atoms with Crippen molar-refractivity contribution in [1.82, 2.24) is 0 Å². The number of carboxylic acids is 1. The first kappa shape index (κ1) is 15.7. The zero-order chi connectivity index (χ0) is 13.5. The first-order valence-corrected chi connectivity index (χ1v) is 5.29. The minimum atomic E-state index is -5.16. The third kappa shape index (κ3) is 6.80. The number of rotatable bonds is 7. The van der Waals surface area contributed by atoms with E-state index in [4.69, 9.17) is 5.11 Å². The van der Waals surface area contributed by atoms with Gasteiger partial charge in [-0.2, -0.15) is 13.2 Å². The maximum atomic E-state index is 11.8. The molecule has 0 aromatic heterocycles. The van der Waals surface area contributed by atoms with Gasteiger partial charge in [0.1, 0.15) is 0 Å². The Morgan fingerprint density at radius 1 is 1.24 bits per heavy atom. The molecule has 17 heavy (non-hydrogen) atoms. The van der Waals surface area contributed by atoms with Crippen molar-refractivity contribution in [3.05, 3.63) is 0 Å². The van der Waals surface area contributed by atoms with E-state index in [0.717, 1.165) is 12.8 Å². The molecule has 0 fully saturated rings. The summed E-state index contributed by atoms with van der Waals surface area (Å²) in [5, 5.41) is 8.60. The standard InChI is InChI=1S/C10H15F3O4/c1-2-3-4-5-6-7(8(14)15)17-9(16)10(11,12)13/h7H,2-6H2,1H3,(H,14,15). The van der Waals surface area contributed by atoms with Gasteiger partial charge < -0.3 is 9.84 Å². The molecule has 0 heterocycles. The maximum absolute atomic E-state index is 11.8. The van der Waals surface area contributed by atoms with Crippen molar-refractivity contribution in [3.63, 3.8) is 0 Å². The quantitative estimate of drug-likeness (QED) is 0.561. The topological polar surface area (TPSA) is 63.6 Å². The van der Waals surface area contributed by atoms with Crippen molar-refractivity contribution < 1.29 is 32.6 Å². The molecule has 0 aromatic carbocycles. The van der Waals surface area contributed by atoms with E-state index in [2.05, 4.69) is 4.74 Å². The van der Waals surface area contributed by atoms with Gasteiger partial charge in [0.15, 0.2) is 6.10 Å². The van der Waals surface area contributed by atoms with Crippen LogP contribution in [0.25, 0.3) is 0 Å². The Morgan fingerprint density at radius 2 is 1.82 bits per heavy atom. The number of hydrogen-bond acceptors (Lipinski definition) is 3. The van der Waals surface area contributed by atoms with Gasteiger partial charge in [-0.25, -0.2) is 9.59 Å². The number of hydrogen-bond donors (Lipinski definition) is 1. The zero-order valence-corrected chi connectivity index (χ0v) is 9.42. The van der Waals surface area contributed by atoms with E-state index in [0.29, 0.717) is 12.8 Å². The van der Waals surface area contributed by atoms with E-state index in [-0.39, 0.29) is 6.42 Å². The Bertz CT molecular complexity index is 263. The van der Waals surface area contributed by atoms with Gasteiger partial charge >= 0.3 is 18.1 Å². The SMILES string of the molecule is CCCCCCC(OC(=O)C(F)(F)F)C(=O)O. The van der Waals surface area contributed by atoms with Gasteiger partial charge in [0, 0.05) is 0 Å². The fourth-order valence-corrected chi connectivity index (χ4v) is 1.19. The summed E-state index contributed by atoms with van der Waals surface area (Å²) in [7, 11) is 0. The summed E-state index contributed by atoms with van der Waals surface area (Å²) in [4.78, 5) is 21.0. The summed E-state index contributed by atoms with van der Waals surface area (Å²) >= 11 is 0. The number of unbranched alkanes of at least 4 members (excludes halogenated alkanes) is 3. The molecule has 0 saturated carbocycles. The molecule has 0 aromatic rings. The molecular weight excluding hydrogens is 241 g/mol. The molecule has 0 bridgehead atoms. The number of esters is 1. The van der Waals surface area contributed by atoms with Crippen molar-refractivity contribution in [3.8, 4) is 0 Å². The van der Waals surface area contributed by atoms with Crippen LogP contribution in [0.5, 0.6) is 0 Å². The van der Waals surface area contributed by atoms with Crippen LogP contribution in [-0.4, -0.2) is 29.3 Å². The molecular formula is C10H15F3O4. The molecule has 0 saturated heterocycles. The Morgan fingerprint density at radius 3 is 2.24 bits per heavy atom. The van der Waals surface area contributed by atoms with E-state index in [9.17, 15) is 22.8 Å². The molecule has 4 nitrogen and oxygen atoms in total. The second-order valence-corrected chi connectivity index (χ2v) is 3.58. The Labute approximate surface area is 96.8 Å². The summed E-state index contributed by atoms with van der Waals surface area (Å²) in [6.07, 6.45) is -4.09. The van der Waals surface area contributed by atoms with Crippen LogP contribution in [0.2, 0.25) is 0 Å².